The van der Waals surface area contributed by atoms with E-state index in [0.717, 1.165) is 0 Å². The zero-order valence-corrected chi connectivity index (χ0v) is 11.4. The van der Waals surface area contributed by atoms with Gasteiger partial charge in [0.25, 0.3) is 0 Å². The molecule has 7 nitrogen and oxygen atoms in total. The van der Waals surface area contributed by atoms with E-state index in [4.69, 9.17) is 18.9 Å². The molecule has 0 unspecified atom stereocenters. The van der Waals surface area contributed by atoms with E-state index in [1.54, 1.807) is 13.8 Å². The van der Waals surface area contributed by atoms with Crippen LogP contribution in [0.1, 0.15) is 26.7 Å². The zero-order chi connectivity index (χ0) is 14.1. The first-order chi connectivity index (χ1) is 9.42. The zero-order valence-electron chi connectivity index (χ0n) is 11.4. The molecule has 4 rings (SSSR count). The Morgan fingerprint density at radius 1 is 1.25 bits per heavy atom. The summed E-state index contributed by atoms with van der Waals surface area (Å²) in [5.41, 5.74) is -1.19. The highest BCUT2D eigenvalue weighted by molar-refractivity contribution is 5.95. The fourth-order valence-electron chi connectivity index (χ4n) is 3.68. The number of fused-ring (bicyclic) bond motifs is 4. The molecule has 2 bridgehead atoms. The number of carbonyl (C=O) groups excluding carboxylic acids is 2. The molecule has 110 valence electrons. The van der Waals surface area contributed by atoms with E-state index in [1.165, 1.54) is 0 Å². The predicted molar refractivity (Wildman–Crippen MR) is 63.6 cm³/mol. The van der Waals surface area contributed by atoms with E-state index in [-0.39, 0.29) is 30.6 Å². The van der Waals surface area contributed by atoms with Crippen LogP contribution < -0.4 is 5.32 Å². The number of ketones is 1. The van der Waals surface area contributed by atoms with E-state index in [1.807, 2.05) is 0 Å². The predicted octanol–water partition coefficient (Wildman–Crippen LogP) is -0.520. The van der Waals surface area contributed by atoms with Gasteiger partial charge in [-0.15, -0.1) is 0 Å². The van der Waals surface area contributed by atoms with Crippen molar-refractivity contribution in [3.63, 3.8) is 0 Å². The maximum atomic E-state index is 12.7. The minimum absolute atomic E-state index is 0.111. The third-order valence-corrected chi connectivity index (χ3v) is 4.39. The minimum Gasteiger partial charge on any atom is -0.348 e. The SMILES string of the molecule is CC1(C)O[C@H]2[C@H]3CO[C@H](O3)[C@@H]3NC(=O)CCC(=O)[C@@]32O1. The van der Waals surface area contributed by atoms with Crippen LogP contribution in [0.4, 0.5) is 0 Å². The van der Waals surface area contributed by atoms with Crippen LogP contribution in [-0.4, -0.2) is 54.2 Å². The molecule has 0 aromatic carbocycles. The monoisotopic (exact) mass is 283 g/mol. The van der Waals surface area contributed by atoms with Crippen LogP contribution >= 0.6 is 0 Å². The molecule has 0 aliphatic carbocycles. The summed E-state index contributed by atoms with van der Waals surface area (Å²) in [5.74, 6) is -1.19. The molecule has 7 heteroatoms. The fourth-order valence-corrected chi connectivity index (χ4v) is 3.68. The van der Waals surface area contributed by atoms with Gasteiger partial charge in [0.05, 0.1) is 6.61 Å². The van der Waals surface area contributed by atoms with Gasteiger partial charge in [-0.2, -0.15) is 0 Å². The quantitative estimate of drug-likeness (QED) is 0.644. The van der Waals surface area contributed by atoms with Gasteiger partial charge in [0, 0.05) is 12.8 Å². The summed E-state index contributed by atoms with van der Waals surface area (Å²) in [6.07, 6.45) is -1.23. The smallest absolute Gasteiger partial charge is 0.220 e. The summed E-state index contributed by atoms with van der Waals surface area (Å²) >= 11 is 0. The number of nitrogens with one attached hydrogen (secondary N) is 1. The largest absolute Gasteiger partial charge is 0.348 e. The van der Waals surface area contributed by atoms with Crippen molar-refractivity contribution in [2.75, 3.05) is 6.61 Å². The van der Waals surface area contributed by atoms with Crippen molar-refractivity contribution < 1.29 is 28.5 Å². The lowest BCUT2D eigenvalue weighted by atomic mass is 9.79. The van der Waals surface area contributed by atoms with Gasteiger partial charge in [-0.1, -0.05) is 0 Å². The number of Topliss-reactive ketones (excluding diaryl/α,β-unsaturated/α-hetero) is 1. The van der Waals surface area contributed by atoms with Crippen LogP contribution in [0.3, 0.4) is 0 Å². The van der Waals surface area contributed by atoms with E-state index < -0.39 is 29.8 Å². The second-order valence-electron chi connectivity index (χ2n) is 6.18. The number of ether oxygens (including phenoxy) is 4. The summed E-state index contributed by atoms with van der Waals surface area (Å²) in [4.78, 5) is 24.5. The Labute approximate surface area is 115 Å². The van der Waals surface area contributed by atoms with Crippen molar-refractivity contribution in [3.8, 4) is 0 Å². The van der Waals surface area contributed by atoms with Crippen molar-refractivity contribution in [2.45, 2.75) is 62.6 Å². The van der Waals surface area contributed by atoms with E-state index in [2.05, 4.69) is 5.32 Å². The first-order valence-electron chi connectivity index (χ1n) is 6.90. The second-order valence-corrected chi connectivity index (χ2v) is 6.18. The highest BCUT2D eigenvalue weighted by Gasteiger charge is 2.71. The van der Waals surface area contributed by atoms with Gasteiger partial charge in [-0.25, -0.2) is 0 Å². The molecule has 0 radical (unpaired) electrons. The molecule has 4 saturated heterocycles. The standard InChI is InChI=1S/C13H17NO6/c1-12(2)19-10-6-5-17-11(18-6)9-13(10,20-12)7(15)3-4-8(16)14-9/h6,9-11H,3-5H2,1-2H3,(H,14,16)/t6-,9+,10+,11-,13-/m1/s1. The summed E-state index contributed by atoms with van der Waals surface area (Å²) in [5, 5.41) is 2.82. The summed E-state index contributed by atoms with van der Waals surface area (Å²) in [6, 6.07) is -0.657. The van der Waals surface area contributed by atoms with E-state index >= 15 is 0 Å². The van der Waals surface area contributed by atoms with Crippen LogP contribution in [0.15, 0.2) is 0 Å². The van der Waals surface area contributed by atoms with Crippen molar-refractivity contribution in [3.05, 3.63) is 0 Å². The average molecular weight is 283 g/mol. The first-order valence-corrected chi connectivity index (χ1v) is 6.90. The lowest BCUT2D eigenvalue weighted by Gasteiger charge is -2.43. The van der Waals surface area contributed by atoms with Gasteiger partial charge in [-0.05, 0) is 13.8 Å². The van der Waals surface area contributed by atoms with E-state index in [0.29, 0.717) is 6.61 Å². The Morgan fingerprint density at radius 3 is 2.85 bits per heavy atom. The molecule has 4 aliphatic rings. The molecule has 1 N–H and O–H groups in total. The van der Waals surface area contributed by atoms with Crippen LogP contribution in [0, 0.1) is 0 Å². The summed E-state index contributed by atoms with van der Waals surface area (Å²) < 4.78 is 23.2. The Kier molecular flexibility index (Phi) is 2.41. The Bertz CT molecular complexity index is 491. The van der Waals surface area contributed by atoms with Gasteiger partial charge >= 0.3 is 0 Å². The number of rotatable bonds is 0. The van der Waals surface area contributed by atoms with Gasteiger partial charge in [-0.3, -0.25) is 9.59 Å². The molecule has 0 saturated carbocycles. The maximum absolute atomic E-state index is 12.7. The summed E-state index contributed by atoms with van der Waals surface area (Å²) in [6.45, 7) is 3.88. The normalized spacial score (nSPS) is 49.3. The third-order valence-electron chi connectivity index (χ3n) is 4.39. The lowest BCUT2D eigenvalue weighted by Crippen LogP contribution is -2.70. The molecular weight excluding hydrogens is 266 g/mol. The number of hydrogen-bond donors (Lipinski definition) is 1. The summed E-state index contributed by atoms with van der Waals surface area (Å²) in [7, 11) is 0. The molecule has 1 amide bonds. The first kappa shape index (κ1) is 12.7. The van der Waals surface area contributed by atoms with Crippen LogP contribution in [0.25, 0.3) is 0 Å². The van der Waals surface area contributed by atoms with Crippen LogP contribution in [-0.2, 0) is 28.5 Å². The van der Waals surface area contributed by atoms with Crippen molar-refractivity contribution in [1.82, 2.24) is 5.32 Å². The Balaban J connectivity index is 1.85. The number of amides is 1. The number of hydrogen-bond acceptors (Lipinski definition) is 6. The van der Waals surface area contributed by atoms with Crippen molar-refractivity contribution in [1.29, 1.82) is 0 Å². The molecule has 4 heterocycles. The van der Waals surface area contributed by atoms with Gasteiger partial charge in [0.15, 0.2) is 23.5 Å². The molecule has 0 aromatic rings. The number of carbonyl (C=O) groups is 2. The lowest BCUT2D eigenvalue weighted by molar-refractivity contribution is -0.202. The van der Waals surface area contributed by atoms with Crippen LogP contribution in [0.2, 0.25) is 0 Å². The van der Waals surface area contributed by atoms with E-state index in [9.17, 15) is 9.59 Å². The Morgan fingerprint density at radius 2 is 2.05 bits per heavy atom. The van der Waals surface area contributed by atoms with Crippen molar-refractivity contribution in [2.24, 2.45) is 0 Å². The van der Waals surface area contributed by atoms with Crippen molar-refractivity contribution >= 4 is 11.7 Å². The van der Waals surface area contributed by atoms with Crippen LogP contribution in [0.5, 0.6) is 0 Å². The average Bonchev–Trinajstić information content (AvgIpc) is 2.89. The molecule has 1 spiro atoms. The second kappa shape index (κ2) is 3.79. The highest BCUT2D eigenvalue weighted by atomic mass is 16.8. The molecule has 0 aromatic heterocycles. The van der Waals surface area contributed by atoms with Gasteiger partial charge in [0.1, 0.15) is 18.2 Å². The molecular formula is C13H17NO6. The maximum Gasteiger partial charge on any atom is 0.220 e. The van der Waals surface area contributed by atoms with Gasteiger partial charge < -0.3 is 24.3 Å². The molecule has 4 aliphatic heterocycles. The fraction of sp³-hybridized carbons (Fsp3) is 0.846. The Hall–Kier alpha value is -1.02. The molecule has 5 atom stereocenters. The highest BCUT2D eigenvalue weighted by Crippen LogP contribution is 2.49. The third kappa shape index (κ3) is 1.49. The topological polar surface area (TPSA) is 83.1 Å². The van der Waals surface area contributed by atoms with Gasteiger partial charge in [0.2, 0.25) is 5.91 Å². The minimum atomic E-state index is -1.19. The molecule has 20 heavy (non-hydrogen) atoms. The molecule has 4 fully saturated rings.